The number of piperidine rings is 1. The molecule has 2 aromatic heterocycles. The van der Waals surface area contributed by atoms with Crippen molar-refractivity contribution in [3.05, 3.63) is 35.6 Å². The van der Waals surface area contributed by atoms with Crippen LogP contribution in [0, 0.1) is 13.8 Å². The molecule has 3 rings (SSSR count). The molecule has 2 aromatic rings. The summed E-state index contributed by atoms with van der Waals surface area (Å²) in [6.45, 7) is 5.23. The molecule has 0 atom stereocenters. The van der Waals surface area contributed by atoms with E-state index in [0.29, 0.717) is 18.7 Å². The molecule has 24 heavy (non-hydrogen) atoms. The molecule has 0 bridgehead atoms. The highest BCUT2D eigenvalue weighted by molar-refractivity contribution is 5.76. The van der Waals surface area contributed by atoms with E-state index in [-0.39, 0.29) is 12.0 Å². The first-order valence-corrected chi connectivity index (χ1v) is 8.25. The van der Waals surface area contributed by atoms with Gasteiger partial charge >= 0.3 is 0 Å². The average molecular weight is 330 g/mol. The third-order valence-electron chi connectivity index (χ3n) is 4.41. The van der Waals surface area contributed by atoms with Gasteiger partial charge in [-0.2, -0.15) is 0 Å². The molecule has 3 heterocycles. The lowest BCUT2D eigenvalue weighted by molar-refractivity contribution is -0.132. The lowest BCUT2D eigenvalue weighted by atomic mass is 10.0. The Morgan fingerprint density at radius 1 is 1.38 bits per heavy atom. The molecule has 1 amide bonds. The molecular formula is C17H22N4O3. The van der Waals surface area contributed by atoms with E-state index in [1.54, 1.807) is 12.3 Å². The van der Waals surface area contributed by atoms with E-state index in [0.717, 1.165) is 42.9 Å². The third-order valence-corrected chi connectivity index (χ3v) is 4.41. The summed E-state index contributed by atoms with van der Waals surface area (Å²) in [5.41, 5.74) is 1.92. The van der Waals surface area contributed by atoms with Gasteiger partial charge in [0.1, 0.15) is 18.2 Å². The maximum Gasteiger partial charge on any atom is 0.222 e. The van der Waals surface area contributed by atoms with Crippen LogP contribution in [0.3, 0.4) is 0 Å². The van der Waals surface area contributed by atoms with Crippen molar-refractivity contribution in [3.8, 4) is 5.88 Å². The molecule has 0 aromatic carbocycles. The minimum Gasteiger partial charge on any atom is -0.474 e. The third kappa shape index (κ3) is 3.90. The van der Waals surface area contributed by atoms with Crippen molar-refractivity contribution in [2.75, 3.05) is 13.1 Å². The van der Waals surface area contributed by atoms with Gasteiger partial charge in [0.2, 0.25) is 11.8 Å². The number of hydrogen-bond donors (Lipinski definition) is 0. The molecule has 1 aliphatic rings. The second-order valence-electron chi connectivity index (χ2n) is 6.05. The first-order valence-electron chi connectivity index (χ1n) is 8.25. The van der Waals surface area contributed by atoms with Gasteiger partial charge in [0.25, 0.3) is 0 Å². The molecule has 1 saturated heterocycles. The molecular weight excluding hydrogens is 308 g/mol. The zero-order valence-electron chi connectivity index (χ0n) is 14.1. The normalized spacial score (nSPS) is 15.5. The summed E-state index contributed by atoms with van der Waals surface area (Å²) in [6.07, 6.45) is 6.05. The number of amides is 1. The second-order valence-corrected chi connectivity index (χ2v) is 6.05. The molecule has 1 fully saturated rings. The first kappa shape index (κ1) is 16.4. The van der Waals surface area contributed by atoms with Crippen molar-refractivity contribution in [2.24, 2.45) is 0 Å². The van der Waals surface area contributed by atoms with Gasteiger partial charge in [-0.3, -0.25) is 4.79 Å². The monoisotopic (exact) mass is 330 g/mol. The van der Waals surface area contributed by atoms with Gasteiger partial charge in [0.05, 0.1) is 5.69 Å². The molecule has 128 valence electrons. The van der Waals surface area contributed by atoms with Crippen LogP contribution in [0.15, 0.2) is 23.1 Å². The maximum absolute atomic E-state index is 12.4. The Morgan fingerprint density at radius 2 is 2.17 bits per heavy atom. The van der Waals surface area contributed by atoms with Gasteiger partial charge in [-0.1, -0.05) is 5.16 Å². The van der Waals surface area contributed by atoms with Crippen LogP contribution in [0.1, 0.15) is 36.3 Å². The highest BCUT2D eigenvalue weighted by Gasteiger charge is 2.24. The molecule has 0 radical (unpaired) electrons. The van der Waals surface area contributed by atoms with Crippen molar-refractivity contribution in [1.29, 1.82) is 0 Å². The Labute approximate surface area is 141 Å². The summed E-state index contributed by atoms with van der Waals surface area (Å²) in [5.74, 6) is 1.57. The van der Waals surface area contributed by atoms with E-state index < -0.39 is 0 Å². The molecule has 0 aliphatic carbocycles. The highest BCUT2D eigenvalue weighted by Crippen LogP contribution is 2.19. The first-order chi connectivity index (χ1) is 11.6. The van der Waals surface area contributed by atoms with Crippen LogP contribution in [-0.2, 0) is 11.2 Å². The smallest absolute Gasteiger partial charge is 0.222 e. The summed E-state index contributed by atoms with van der Waals surface area (Å²) < 4.78 is 11.0. The molecule has 0 saturated carbocycles. The van der Waals surface area contributed by atoms with Crippen molar-refractivity contribution in [2.45, 2.75) is 45.6 Å². The number of aryl methyl sites for hydroxylation is 2. The van der Waals surface area contributed by atoms with Crippen LogP contribution >= 0.6 is 0 Å². The summed E-state index contributed by atoms with van der Waals surface area (Å²) >= 11 is 0. The predicted molar refractivity (Wildman–Crippen MR) is 86.6 cm³/mol. The lowest BCUT2D eigenvalue weighted by Gasteiger charge is -2.32. The number of carbonyl (C=O) groups is 1. The standard InChI is InChI=1S/C17H22N4O3/c1-12-15(13(2)24-20-12)3-4-17(22)21-9-6-14(7-10-21)23-16-5-8-18-11-19-16/h5,8,11,14H,3-4,6-7,9-10H2,1-2H3. The topological polar surface area (TPSA) is 81.4 Å². The molecule has 0 N–H and O–H groups in total. The molecule has 7 nitrogen and oxygen atoms in total. The summed E-state index contributed by atoms with van der Waals surface area (Å²) in [4.78, 5) is 22.3. The second kappa shape index (κ2) is 7.42. The van der Waals surface area contributed by atoms with E-state index in [4.69, 9.17) is 9.26 Å². The van der Waals surface area contributed by atoms with Crippen LogP contribution in [0.5, 0.6) is 5.88 Å². The van der Waals surface area contributed by atoms with Crippen LogP contribution in [0.4, 0.5) is 0 Å². The fraction of sp³-hybridized carbons (Fsp3) is 0.529. The fourth-order valence-electron chi connectivity index (χ4n) is 2.99. The quantitative estimate of drug-likeness (QED) is 0.835. The number of rotatable bonds is 5. The van der Waals surface area contributed by atoms with E-state index in [1.165, 1.54) is 6.33 Å². The summed E-state index contributed by atoms with van der Waals surface area (Å²) in [5, 5.41) is 3.93. The number of aromatic nitrogens is 3. The Hall–Kier alpha value is -2.44. The van der Waals surface area contributed by atoms with E-state index in [1.807, 2.05) is 18.7 Å². The van der Waals surface area contributed by atoms with Crippen molar-refractivity contribution < 1.29 is 14.1 Å². The number of hydrogen-bond acceptors (Lipinski definition) is 6. The van der Waals surface area contributed by atoms with Crippen LogP contribution in [-0.4, -0.2) is 45.1 Å². The van der Waals surface area contributed by atoms with Gasteiger partial charge in [-0.15, -0.1) is 0 Å². The number of ether oxygens (including phenoxy) is 1. The summed E-state index contributed by atoms with van der Waals surface area (Å²) in [7, 11) is 0. The largest absolute Gasteiger partial charge is 0.474 e. The number of nitrogens with zero attached hydrogens (tertiary/aromatic N) is 4. The minimum absolute atomic E-state index is 0.103. The molecule has 0 unspecified atom stereocenters. The van der Waals surface area contributed by atoms with E-state index >= 15 is 0 Å². The SMILES string of the molecule is Cc1noc(C)c1CCC(=O)N1CCC(Oc2ccncn2)CC1. The Kier molecular flexibility index (Phi) is 5.08. The van der Waals surface area contributed by atoms with Gasteiger partial charge in [0, 0.05) is 50.2 Å². The van der Waals surface area contributed by atoms with Gasteiger partial charge in [-0.25, -0.2) is 9.97 Å². The zero-order valence-corrected chi connectivity index (χ0v) is 14.1. The maximum atomic E-state index is 12.4. The van der Waals surface area contributed by atoms with Crippen LogP contribution in [0.2, 0.25) is 0 Å². The van der Waals surface area contributed by atoms with Crippen LogP contribution in [0.25, 0.3) is 0 Å². The Bertz CT molecular complexity index is 659. The predicted octanol–water partition coefficient (Wildman–Crippen LogP) is 2.08. The Morgan fingerprint density at radius 3 is 2.79 bits per heavy atom. The van der Waals surface area contributed by atoms with Crippen molar-refractivity contribution >= 4 is 5.91 Å². The average Bonchev–Trinajstić information content (AvgIpc) is 2.92. The fourth-order valence-corrected chi connectivity index (χ4v) is 2.99. The number of likely N-dealkylation sites (tertiary alicyclic amines) is 1. The van der Waals surface area contributed by atoms with Crippen molar-refractivity contribution in [3.63, 3.8) is 0 Å². The van der Waals surface area contributed by atoms with Gasteiger partial charge in [-0.05, 0) is 20.3 Å². The minimum atomic E-state index is 0.103. The summed E-state index contributed by atoms with van der Waals surface area (Å²) in [6, 6.07) is 1.75. The molecule has 0 spiro atoms. The highest BCUT2D eigenvalue weighted by atomic mass is 16.5. The van der Waals surface area contributed by atoms with Crippen molar-refractivity contribution in [1.82, 2.24) is 20.0 Å². The van der Waals surface area contributed by atoms with Crippen LogP contribution < -0.4 is 4.74 Å². The molecule has 1 aliphatic heterocycles. The Balaban J connectivity index is 1.45. The zero-order chi connectivity index (χ0) is 16.9. The lowest BCUT2D eigenvalue weighted by Crippen LogP contribution is -2.42. The van der Waals surface area contributed by atoms with Gasteiger partial charge < -0.3 is 14.2 Å². The molecule has 7 heteroatoms. The number of carbonyl (C=O) groups excluding carboxylic acids is 1. The van der Waals surface area contributed by atoms with E-state index in [9.17, 15) is 4.79 Å². The van der Waals surface area contributed by atoms with E-state index in [2.05, 4.69) is 15.1 Å². The van der Waals surface area contributed by atoms with Gasteiger partial charge in [0.15, 0.2) is 0 Å².